The standard InChI is InChI=1S/C30H34BrClN2O3/c1-4-22-13-14-28(26(31)16-22)37-20-29(35)34(19-24-11-8-12-25(32)15-24)27(30(36)33-18-21(2)3)17-23-9-6-5-7-10-23/h5-16,21,27H,4,17-20H2,1-3H3,(H,33,36). The molecule has 0 spiro atoms. The fourth-order valence-corrected chi connectivity index (χ4v) is 4.67. The normalized spacial score (nSPS) is 11.7. The molecule has 0 saturated heterocycles. The number of hydrogen-bond acceptors (Lipinski definition) is 3. The van der Waals surface area contributed by atoms with E-state index < -0.39 is 6.04 Å². The van der Waals surface area contributed by atoms with Crippen LogP contribution in [0.15, 0.2) is 77.3 Å². The van der Waals surface area contributed by atoms with E-state index in [1.165, 1.54) is 0 Å². The zero-order valence-corrected chi connectivity index (χ0v) is 23.9. The maximum atomic E-state index is 13.7. The minimum atomic E-state index is -0.720. The second kappa shape index (κ2) is 14.2. The molecule has 0 heterocycles. The highest BCUT2D eigenvalue weighted by Crippen LogP contribution is 2.26. The van der Waals surface area contributed by atoms with Crippen LogP contribution in [0.1, 0.15) is 37.5 Å². The summed E-state index contributed by atoms with van der Waals surface area (Å²) in [7, 11) is 0. The molecule has 0 radical (unpaired) electrons. The topological polar surface area (TPSA) is 58.6 Å². The summed E-state index contributed by atoms with van der Waals surface area (Å²) in [4.78, 5) is 28.8. The van der Waals surface area contributed by atoms with Crippen molar-refractivity contribution in [2.75, 3.05) is 13.2 Å². The molecule has 0 aliphatic heterocycles. The average molecular weight is 586 g/mol. The highest BCUT2D eigenvalue weighted by Gasteiger charge is 2.31. The van der Waals surface area contributed by atoms with E-state index in [2.05, 4.69) is 28.2 Å². The number of nitrogens with zero attached hydrogens (tertiary/aromatic N) is 1. The van der Waals surface area contributed by atoms with E-state index in [-0.39, 0.29) is 30.9 Å². The van der Waals surface area contributed by atoms with Gasteiger partial charge in [-0.1, -0.05) is 80.9 Å². The van der Waals surface area contributed by atoms with E-state index in [1.807, 2.05) is 80.6 Å². The number of rotatable bonds is 12. The predicted octanol–water partition coefficient (Wildman–Crippen LogP) is 6.46. The third kappa shape index (κ3) is 8.90. The van der Waals surface area contributed by atoms with Crippen molar-refractivity contribution in [3.63, 3.8) is 0 Å². The summed E-state index contributed by atoms with van der Waals surface area (Å²) in [5.74, 6) is 0.385. The van der Waals surface area contributed by atoms with Crippen LogP contribution in [-0.2, 0) is 29.0 Å². The molecule has 0 bridgehead atoms. The quantitative estimate of drug-likeness (QED) is 0.266. The largest absolute Gasteiger partial charge is 0.483 e. The Balaban J connectivity index is 1.90. The molecular weight excluding hydrogens is 552 g/mol. The van der Waals surface area contributed by atoms with Gasteiger partial charge in [-0.3, -0.25) is 9.59 Å². The third-order valence-corrected chi connectivity index (χ3v) is 6.81. The van der Waals surface area contributed by atoms with Gasteiger partial charge < -0.3 is 15.0 Å². The van der Waals surface area contributed by atoms with Crippen molar-refractivity contribution in [1.82, 2.24) is 10.2 Å². The number of ether oxygens (including phenoxy) is 1. The summed E-state index contributed by atoms with van der Waals surface area (Å²) in [5.41, 5.74) is 2.97. The van der Waals surface area contributed by atoms with Crippen LogP contribution in [0.3, 0.4) is 0 Å². The first kappa shape index (κ1) is 28.7. The van der Waals surface area contributed by atoms with Crippen LogP contribution in [0.25, 0.3) is 0 Å². The van der Waals surface area contributed by atoms with Gasteiger partial charge in [-0.25, -0.2) is 0 Å². The van der Waals surface area contributed by atoms with Gasteiger partial charge >= 0.3 is 0 Å². The van der Waals surface area contributed by atoms with Crippen LogP contribution in [0.4, 0.5) is 0 Å². The molecule has 1 unspecified atom stereocenters. The summed E-state index contributed by atoms with van der Waals surface area (Å²) in [5, 5.41) is 3.60. The van der Waals surface area contributed by atoms with Gasteiger partial charge in [-0.2, -0.15) is 0 Å². The molecule has 37 heavy (non-hydrogen) atoms. The fourth-order valence-electron chi connectivity index (χ4n) is 3.91. The number of nitrogens with one attached hydrogen (secondary N) is 1. The molecule has 1 atom stereocenters. The van der Waals surface area contributed by atoms with Crippen LogP contribution >= 0.6 is 27.5 Å². The summed E-state index contributed by atoms with van der Waals surface area (Å²) in [6.45, 7) is 6.71. The van der Waals surface area contributed by atoms with E-state index in [0.717, 1.165) is 27.6 Å². The van der Waals surface area contributed by atoms with Crippen molar-refractivity contribution in [2.45, 2.75) is 46.2 Å². The molecule has 3 rings (SSSR count). The number of aryl methyl sites for hydroxylation is 1. The van der Waals surface area contributed by atoms with E-state index in [1.54, 1.807) is 11.0 Å². The first-order valence-corrected chi connectivity index (χ1v) is 13.7. The molecule has 0 fully saturated rings. The lowest BCUT2D eigenvalue weighted by atomic mass is 10.0. The molecule has 0 aliphatic rings. The summed E-state index contributed by atoms with van der Waals surface area (Å²) >= 11 is 9.77. The molecule has 1 N–H and O–H groups in total. The number of halogens is 2. The summed E-state index contributed by atoms with van der Waals surface area (Å²) in [6.07, 6.45) is 1.28. The summed E-state index contributed by atoms with van der Waals surface area (Å²) < 4.78 is 6.71. The molecule has 2 amide bonds. The minimum absolute atomic E-state index is 0.193. The molecule has 0 aliphatic carbocycles. The molecule has 7 heteroatoms. The van der Waals surface area contributed by atoms with Gasteiger partial charge in [-0.15, -0.1) is 0 Å². The van der Waals surface area contributed by atoms with Crippen LogP contribution < -0.4 is 10.1 Å². The Labute approximate surface area is 233 Å². The van der Waals surface area contributed by atoms with Crippen LogP contribution in [-0.4, -0.2) is 35.9 Å². The van der Waals surface area contributed by atoms with Gasteiger partial charge in [0.2, 0.25) is 5.91 Å². The Kier molecular flexibility index (Phi) is 11.0. The zero-order valence-electron chi connectivity index (χ0n) is 21.5. The molecular formula is C30H34BrClN2O3. The third-order valence-electron chi connectivity index (χ3n) is 5.95. The van der Waals surface area contributed by atoms with Crippen LogP contribution in [0.5, 0.6) is 5.75 Å². The first-order valence-electron chi connectivity index (χ1n) is 12.5. The minimum Gasteiger partial charge on any atom is -0.483 e. The Morgan fingerprint density at radius 2 is 1.70 bits per heavy atom. The Morgan fingerprint density at radius 1 is 0.973 bits per heavy atom. The highest BCUT2D eigenvalue weighted by atomic mass is 79.9. The number of benzene rings is 3. The Bertz CT molecular complexity index is 1190. The van der Waals surface area contributed by atoms with E-state index in [9.17, 15) is 9.59 Å². The zero-order chi connectivity index (χ0) is 26.8. The van der Waals surface area contributed by atoms with E-state index in [0.29, 0.717) is 23.7 Å². The predicted molar refractivity (Wildman–Crippen MR) is 153 cm³/mol. The lowest BCUT2D eigenvalue weighted by Crippen LogP contribution is -2.52. The highest BCUT2D eigenvalue weighted by molar-refractivity contribution is 9.10. The number of amides is 2. The number of carbonyl (C=O) groups excluding carboxylic acids is 2. The van der Waals surface area contributed by atoms with Crippen molar-refractivity contribution in [3.8, 4) is 5.75 Å². The molecule has 196 valence electrons. The lowest BCUT2D eigenvalue weighted by molar-refractivity contribution is -0.142. The molecule has 3 aromatic rings. The van der Waals surface area contributed by atoms with Gasteiger partial charge in [0.15, 0.2) is 6.61 Å². The second-order valence-corrected chi connectivity index (χ2v) is 10.7. The monoisotopic (exact) mass is 584 g/mol. The van der Waals surface area contributed by atoms with Crippen molar-refractivity contribution in [3.05, 3.63) is 99.0 Å². The number of hydrogen-bond donors (Lipinski definition) is 1. The molecule has 0 aromatic heterocycles. The van der Waals surface area contributed by atoms with Crippen molar-refractivity contribution in [1.29, 1.82) is 0 Å². The molecule has 3 aromatic carbocycles. The van der Waals surface area contributed by atoms with Gasteiger partial charge in [0.1, 0.15) is 11.8 Å². The molecule has 5 nitrogen and oxygen atoms in total. The van der Waals surface area contributed by atoms with Crippen LogP contribution in [0, 0.1) is 5.92 Å². The van der Waals surface area contributed by atoms with Crippen LogP contribution in [0.2, 0.25) is 5.02 Å². The smallest absolute Gasteiger partial charge is 0.261 e. The lowest BCUT2D eigenvalue weighted by Gasteiger charge is -2.32. The van der Waals surface area contributed by atoms with E-state index in [4.69, 9.17) is 16.3 Å². The van der Waals surface area contributed by atoms with Crippen molar-refractivity contribution in [2.24, 2.45) is 5.92 Å². The van der Waals surface area contributed by atoms with Crippen molar-refractivity contribution >= 4 is 39.3 Å². The SMILES string of the molecule is CCc1ccc(OCC(=O)N(Cc2cccc(Cl)c2)C(Cc2ccccc2)C(=O)NCC(C)C)c(Br)c1. The maximum absolute atomic E-state index is 13.7. The maximum Gasteiger partial charge on any atom is 0.261 e. The number of carbonyl (C=O) groups is 2. The first-order chi connectivity index (χ1) is 17.8. The van der Waals surface area contributed by atoms with Gasteiger partial charge in [-0.05, 0) is 69.2 Å². The molecule has 0 saturated carbocycles. The fraction of sp³-hybridized carbons (Fsp3) is 0.333. The Morgan fingerprint density at radius 3 is 2.35 bits per heavy atom. The summed E-state index contributed by atoms with van der Waals surface area (Å²) in [6, 6.07) is 22.2. The van der Waals surface area contributed by atoms with Gasteiger partial charge in [0.25, 0.3) is 5.91 Å². The van der Waals surface area contributed by atoms with Gasteiger partial charge in [0.05, 0.1) is 4.47 Å². The van der Waals surface area contributed by atoms with Gasteiger partial charge in [0, 0.05) is 24.5 Å². The van der Waals surface area contributed by atoms with Crippen molar-refractivity contribution < 1.29 is 14.3 Å². The average Bonchev–Trinajstić information content (AvgIpc) is 2.89. The Hall–Kier alpha value is -2.83. The second-order valence-electron chi connectivity index (χ2n) is 9.40. The van der Waals surface area contributed by atoms with E-state index >= 15 is 0 Å².